The molecule has 28 heavy (non-hydrogen) atoms. The molecule has 3 unspecified atom stereocenters. The molecule has 0 heterocycles. The maximum absolute atomic E-state index is 13.1. The highest BCUT2D eigenvalue weighted by Crippen LogP contribution is 2.41. The fourth-order valence-corrected chi connectivity index (χ4v) is 4.39. The minimum Gasteiger partial charge on any atom is -0.370 e. The first-order chi connectivity index (χ1) is 13.2. The first-order valence-corrected chi connectivity index (χ1v) is 10.0. The molecular formula is C19H29F3N4O2. The van der Waals surface area contributed by atoms with Crippen LogP contribution in [-0.4, -0.2) is 30.2 Å². The highest BCUT2D eigenvalue weighted by atomic mass is 19.4. The van der Waals surface area contributed by atoms with Gasteiger partial charge in [-0.25, -0.2) is 4.79 Å². The highest BCUT2D eigenvalue weighted by Gasteiger charge is 2.48. The van der Waals surface area contributed by atoms with Gasteiger partial charge in [-0.3, -0.25) is 4.79 Å². The SMILES string of the molecule is N#CC1CCC(NC(=O)NC2CCC(CCCC(N)=O)CC2)CC1C(F)(F)F. The van der Waals surface area contributed by atoms with E-state index in [1.807, 2.05) is 0 Å². The molecule has 0 aromatic rings. The Bertz CT molecular complexity index is 583. The molecule has 2 aliphatic carbocycles. The minimum atomic E-state index is -4.43. The minimum absolute atomic E-state index is 0.0150. The largest absolute Gasteiger partial charge is 0.393 e. The van der Waals surface area contributed by atoms with Crippen LogP contribution < -0.4 is 16.4 Å². The molecule has 0 aromatic heterocycles. The van der Waals surface area contributed by atoms with Gasteiger partial charge in [-0.05, 0) is 63.7 Å². The molecule has 0 radical (unpaired) electrons. The van der Waals surface area contributed by atoms with Crippen molar-refractivity contribution in [1.29, 1.82) is 5.26 Å². The lowest BCUT2D eigenvalue weighted by Gasteiger charge is -2.35. The number of hydrogen-bond acceptors (Lipinski definition) is 3. The predicted octanol–water partition coefficient (Wildman–Crippen LogP) is 3.37. The molecule has 0 aromatic carbocycles. The summed E-state index contributed by atoms with van der Waals surface area (Å²) in [6.45, 7) is 0. The van der Waals surface area contributed by atoms with Crippen LogP contribution >= 0.6 is 0 Å². The van der Waals surface area contributed by atoms with E-state index < -0.39 is 30.1 Å². The molecule has 0 aliphatic heterocycles. The molecule has 3 amide bonds. The third-order valence-electron chi connectivity index (χ3n) is 5.99. The number of rotatable bonds is 6. The first kappa shape index (κ1) is 22.3. The summed E-state index contributed by atoms with van der Waals surface area (Å²) < 4.78 is 39.4. The lowest BCUT2D eigenvalue weighted by molar-refractivity contribution is -0.192. The topological polar surface area (TPSA) is 108 Å². The van der Waals surface area contributed by atoms with Gasteiger partial charge < -0.3 is 16.4 Å². The zero-order valence-corrected chi connectivity index (χ0v) is 15.9. The van der Waals surface area contributed by atoms with E-state index in [-0.39, 0.29) is 24.8 Å². The molecule has 3 atom stereocenters. The van der Waals surface area contributed by atoms with Crippen molar-refractivity contribution in [2.75, 3.05) is 0 Å². The van der Waals surface area contributed by atoms with Crippen LogP contribution in [0.5, 0.6) is 0 Å². The Hall–Kier alpha value is -1.98. The molecule has 0 saturated heterocycles. The van der Waals surface area contributed by atoms with Crippen molar-refractivity contribution in [2.24, 2.45) is 23.5 Å². The van der Waals surface area contributed by atoms with E-state index in [2.05, 4.69) is 10.6 Å². The van der Waals surface area contributed by atoms with Crippen molar-refractivity contribution >= 4 is 11.9 Å². The molecule has 2 saturated carbocycles. The van der Waals surface area contributed by atoms with Crippen molar-refractivity contribution in [2.45, 2.75) is 82.5 Å². The standard InChI is InChI=1S/C19H29F3N4O2/c20-19(21,22)16-10-15(9-6-13(16)11-23)26-18(28)25-14-7-4-12(5-8-14)2-1-3-17(24)27/h12-16H,1-10H2,(H2,24,27)(H2,25,26,28). The molecule has 0 bridgehead atoms. The predicted molar refractivity (Wildman–Crippen MR) is 96.7 cm³/mol. The summed E-state index contributed by atoms with van der Waals surface area (Å²) in [6, 6.07) is 0.766. The second kappa shape index (κ2) is 9.99. The third kappa shape index (κ3) is 6.88. The van der Waals surface area contributed by atoms with Gasteiger partial charge in [0.2, 0.25) is 5.91 Å². The van der Waals surface area contributed by atoms with Gasteiger partial charge in [0.05, 0.1) is 17.9 Å². The number of hydrogen-bond donors (Lipinski definition) is 3. The van der Waals surface area contributed by atoms with Crippen molar-refractivity contribution in [3.63, 3.8) is 0 Å². The number of nitrogens with one attached hydrogen (secondary N) is 2. The van der Waals surface area contributed by atoms with Crippen molar-refractivity contribution in [1.82, 2.24) is 10.6 Å². The number of carbonyl (C=O) groups is 2. The van der Waals surface area contributed by atoms with Crippen LogP contribution in [0.3, 0.4) is 0 Å². The Morgan fingerprint density at radius 1 is 1.04 bits per heavy atom. The van der Waals surface area contributed by atoms with E-state index in [0.717, 1.165) is 38.5 Å². The molecule has 158 valence electrons. The summed E-state index contributed by atoms with van der Waals surface area (Å²) in [6.07, 6.45) is 1.52. The normalized spacial score (nSPS) is 30.9. The van der Waals surface area contributed by atoms with Crippen molar-refractivity contribution in [3.8, 4) is 6.07 Å². The van der Waals surface area contributed by atoms with Crippen molar-refractivity contribution in [3.05, 3.63) is 0 Å². The molecule has 9 heteroatoms. The summed E-state index contributed by atoms with van der Waals surface area (Å²) in [5.74, 6) is -2.49. The first-order valence-electron chi connectivity index (χ1n) is 10.0. The Balaban J connectivity index is 1.71. The van der Waals surface area contributed by atoms with Gasteiger partial charge in [0.15, 0.2) is 0 Å². The summed E-state index contributed by atoms with van der Waals surface area (Å²) >= 11 is 0. The fraction of sp³-hybridized carbons (Fsp3) is 0.842. The molecule has 2 fully saturated rings. The molecule has 6 nitrogen and oxygen atoms in total. The van der Waals surface area contributed by atoms with E-state index >= 15 is 0 Å². The maximum atomic E-state index is 13.1. The second-order valence-electron chi connectivity index (χ2n) is 8.09. The van der Waals surface area contributed by atoms with Crippen LogP contribution in [0.2, 0.25) is 0 Å². The lowest BCUT2D eigenvalue weighted by Crippen LogP contribution is -2.50. The van der Waals surface area contributed by atoms with Crippen LogP contribution in [0.1, 0.15) is 64.2 Å². The van der Waals surface area contributed by atoms with Gasteiger partial charge in [-0.2, -0.15) is 18.4 Å². The van der Waals surface area contributed by atoms with Crippen LogP contribution in [0.15, 0.2) is 0 Å². The average molecular weight is 402 g/mol. The van der Waals surface area contributed by atoms with Gasteiger partial charge in [0, 0.05) is 18.5 Å². The number of carbonyl (C=O) groups excluding carboxylic acids is 2. The Labute approximate surface area is 163 Å². The second-order valence-corrected chi connectivity index (χ2v) is 8.09. The Kier molecular flexibility index (Phi) is 7.96. The smallest absolute Gasteiger partial charge is 0.370 e. The van der Waals surface area contributed by atoms with Gasteiger partial charge >= 0.3 is 12.2 Å². The fourth-order valence-electron chi connectivity index (χ4n) is 4.39. The highest BCUT2D eigenvalue weighted by molar-refractivity contribution is 5.74. The number of nitriles is 1. The zero-order chi connectivity index (χ0) is 20.7. The number of amides is 3. The Morgan fingerprint density at radius 3 is 2.21 bits per heavy atom. The molecular weight excluding hydrogens is 373 g/mol. The van der Waals surface area contributed by atoms with E-state index in [0.29, 0.717) is 18.8 Å². The van der Waals surface area contributed by atoms with Crippen LogP contribution in [0.4, 0.5) is 18.0 Å². The number of primary amides is 1. The van der Waals surface area contributed by atoms with E-state index in [1.165, 1.54) is 0 Å². The number of alkyl halides is 3. The number of halogens is 3. The number of urea groups is 1. The summed E-state index contributed by atoms with van der Waals surface area (Å²) in [5.41, 5.74) is 5.14. The van der Waals surface area contributed by atoms with Crippen LogP contribution in [-0.2, 0) is 4.79 Å². The summed E-state index contributed by atoms with van der Waals surface area (Å²) in [5, 5.41) is 14.5. The Morgan fingerprint density at radius 2 is 1.64 bits per heavy atom. The van der Waals surface area contributed by atoms with Crippen LogP contribution in [0, 0.1) is 29.1 Å². The number of nitrogens with two attached hydrogens (primary N) is 1. The van der Waals surface area contributed by atoms with Gasteiger partial charge in [-0.1, -0.05) is 0 Å². The van der Waals surface area contributed by atoms with Gasteiger partial charge in [0.25, 0.3) is 0 Å². The quantitative estimate of drug-likeness (QED) is 0.634. The van der Waals surface area contributed by atoms with E-state index in [4.69, 9.17) is 11.0 Å². The average Bonchev–Trinajstić information content (AvgIpc) is 2.62. The molecule has 2 aliphatic rings. The molecule has 4 N–H and O–H groups in total. The van der Waals surface area contributed by atoms with Crippen molar-refractivity contribution < 1.29 is 22.8 Å². The monoisotopic (exact) mass is 402 g/mol. The van der Waals surface area contributed by atoms with Gasteiger partial charge in [-0.15, -0.1) is 0 Å². The summed E-state index contributed by atoms with van der Waals surface area (Å²) in [4.78, 5) is 23.0. The van der Waals surface area contributed by atoms with E-state index in [1.54, 1.807) is 6.07 Å². The summed E-state index contributed by atoms with van der Waals surface area (Å²) in [7, 11) is 0. The number of nitrogens with zero attached hydrogens (tertiary/aromatic N) is 1. The molecule has 0 spiro atoms. The van der Waals surface area contributed by atoms with Crippen LogP contribution in [0.25, 0.3) is 0 Å². The van der Waals surface area contributed by atoms with E-state index in [9.17, 15) is 22.8 Å². The third-order valence-corrected chi connectivity index (χ3v) is 5.99. The van der Waals surface area contributed by atoms with Gasteiger partial charge in [0.1, 0.15) is 0 Å². The zero-order valence-electron chi connectivity index (χ0n) is 15.9. The molecule has 2 rings (SSSR count). The maximum Gasteiger partial charge on any atom is 0.393 e. The lowest BCUT2D eigenvalue weighted by atomic mass is 9.77.